The average molecular weight is 406 g/mol. The highest BCUT2D eigenvalue weighted by molar-refractivity contribution is 6.36. The SMILES string of the molecule is O=C(N[C@@H](Cc1c(Cl)cccc1Cl)C(=O)O)c1ccccc1C(F)(F)F. The number of hydrogen-bond donors (Lipinski definition) is 2. The zero-order valence-electron chi connectivity index (χ0n) is 13.0. The van der Waals surface area contributed by atoms with Gasteiger partial charge in [0.1, 0.15) is 6.04 Å². The van der Waals surface area contributed by atoms with E-state index in [1.54, 1.807) is 6.07 Å². The van der Waals surface area contributed by atoms with Crippen molar-refractivity contribution in [3.8, 4) is 0 Å². The first kappa shape index (κ1) is 20.1. The van der Waals surface area contributed by atoms with Crippen LogP contribution < -0.4 is 5.32 Å². The van der Waals surface area contributed by atoms with Crippen LogP contribution in [0.25, 0.3) is 0 Å². The van der Waals surface area contributed by atoms with Gasteiger partial charge in [-0.1, -0.05) is 41.4 Å². The number of alkyl halides is 3. The summed E-state index contributed by atoms with van der Waals surface area (Å²) in [6, 6.07) is 7.13. The van der Waals surface area contributed by atoms with Gasteiger partial charge in [0, 0.05) is 16.5 Å². The van der Waals surface area contributed by atoms with Crippen molar-refractivity contribution < 1.29 is 27.9 Å². The third-order valence-corrected chi connectivity index (χ3v) is 4.26. The molecule has 2 N–H and O–H groups in total. The molecule has 0 aliphatic carbocycles. The third-order valence-electron chi connectivity index (χ3n) is 3.55. The molecule has 0 unspecified atom stereocenters. The van der Waals surface area contributed by atoms with Gasteiger partial charge in [-0.05, 0) is 29.8 Å². The van der Waals surface area contributed by atoms with E-state index in [1.807, 2.05) is 0 Å². The fourth-order valence-corrected chi connectivity index (χ4v) is 2.85. The van der Waals surface area contributed by atoms with E-state index in [2.05, 4.69) is 5.32 Å². The Labute approximate surface area is 156 Å². The van der Waals surface area contributed by atoms with Crippen LogP contribution in [0.15, 0.2) is 42.5 Å². The van der Waals surface area contributed by atoms with E-state index >= 15 is 0 Å². The Hall–Kier alpha value is -2.25. The van der Waals surface area contributed by atoms with Crippen LogP contribution in [0.4, 0.5) is 13.2 Å². The summed E-state index contributed by atoms with van der Waals surface area (Å²) in [5, 5.41) is 11.8. The van der Waals surface area contributed by atoms with E-state index in [4.69, 9.17) is 23.2 Å². The number of carboxylic acids is 1. The molecule has 2 rings (SSSR count). The molecule has 0 fully saturated rings. The topological polar surface area (TPSA) is 66.4 Å². The van der Waals surface area contributed by atoms with Crippen LogP contribution in [0.2, 0.25) is 10.0 Å². The predicted octanol–water partition coefficient (Wildman–Crippen LogP) is 4.44. The van der Waals surface area contributed by atoms with Crippen molar-refractivity contribution in [2.45, 2.75) is 18.6 Å². The number of carbonyl (C=O) groups excluding carboxylic acids is 1. The first-order valence-corrected chi connectivity index (χ1v) is 7.99. The second kappa shape index (κ2) is 7.97. The second-order valence-corrected chi connectivity index (χ2v) is 6.13. The van der Waals surface area contributed by atoms with Gasteiger partial charge in [0.2, 0.25) is 0 Å². The lowest BCUT2D eigenvalue weighted by atomic mass is 10.0. The van der Waals surface area contributed by atoms with Crippen molar-refractivity contribution in [1.82, 2.24) is 5.32 Å². The van der Waals surface area contributed by atoms with E-state index in [0.29, 0.717) is 0 Å². The molecule has 0 aromatic heterocycles. The summed E-state index contributed by atoms with van der Waals surface area (Å²) < 4.78 is 39.1. The summed E-state index contributed by atoms with van der Waals surface area (Å²) in [6.45, 7) is 0. The molecule has 0 bridgehead atoms. The Bertz CT molecular complexity index is 820. The first-order valence-electron chi connectivity index (χ1n) is 7.24. The normalized spacial score (nSPS) is 12.5. The molecule has 26 heavy (non-hydrogen) atoms. The number of nitrogens with one attached hydrogen (secondary N) is 1. The molecule has 9 heteroatoms. The summed E-state index contributed by atoms with van der Waals surface area (Å²) in [5.41, 5.74) is -1.55. The summed E-state index contributed by atoms with van der Waals surface area (Å²) in [6.07, 6.45) is -5.04. The van der Waals surface area contributed by atoms with Crippen molar-refractivity contribution >= 4 is 35.1 Å². The van der Waals surface area contributed by atoms with Crippen molar-refractivity contribution in [3.63, 3.8) is 0 Å². The second-order valence-electron chi connectivity index (χ2n) is 5.31. The summed E-state index contributed by atoms with van der Waals surface area (Å²) in [5.74, 6) is -2.59. The zero-order chi connectivity index (χ0) is 19.5. The highest BCUT2D eigenvalue weighted by Gasteiger charge is 2.35. The van der Waals surface area contributed by atoms with Crippen molar-refractivity contribution in [2.24, 2.45) is 0 Å². The summed E-state index contributed by atoms with van der Waals surface area (Å²) >= 11 is 12.0. The number of rotatable bonds is 5. The van der Waals surface area contributed by atoms with Gasteiger partial charge in [0.15, 0.2) is 0 Å². The van der Waals surface area contributed by atoms with E-state index in [9.17, 15) is 27.9 Å². The van der Waals surface area contributed by atoms with Crippen LogP contribution in [0.5, 0.6) is 0 Å². The molecule has 0 saturated heterocycles. The van der Waals surface area contributed by atoms with Gasteiger partial charge >= 0.3 is 12.1 Å². The lowest BCUT2D eigenvalue weighted by molar-refractivity contribution is -0.139. The summed E-state index contributed by atoms with van der Waals surface area (Å²) in [7, 11) is 0. The molecule has 2 aromatic carbocycles. The van der Waals surface area contributed by atoms with Gasteiger partial charge in [-0.3, -0.25) is 4.79 Å². The minimum atomic E-state index is -4.75. The number of carbonyl (C=O) groups is 2. The molecule has 138 valence electrons. The molecule has 0 heterocycles. The molecule has 0 spiro atoms. The lowest BCUT2D eigenvalue weighted by Gasteiger charge is -2.18. The number of amides is 1. The summed E-state index contributed by atoms with van der Waals surface area (Å²) in [4.78, 5) is 23.7. The van der Waals surface area contributed by atoms with Gasteiger partial charge in [-0.15, -0.1) is 0 Å². The molecule has 0 aliphatic rings. The largest absolute Gasteiger partial charge is 0.480 e. The standard InChI is InChI=1S/C17H12Cl2F3NO3/c18-12-6-3-7-13(19)10(12)8-14(16(25)26)23-15(24)9-4-1-2-5-11(9)17(20,21)22/h1-7,14H,8H2,(H,23,24)(H,25,26)/t14-/m0/s1. The number of aliphatic carboxylic acids is 1. The van der Waals surface area contributed by atoms with Gasteiger partial charge < -0.3 is 10.4 Å². The Kier molecular flexibility index (Phi) is 6.15. The van der Waals surface area contributed by atoms with E-state index in [1.165, 1.54) is 18.2 Å². The monoisotopic (exact) mass is 405 g/mol. The molecule has 1 amide bonds. The molecule has 4 nitrogen and oxygen atoms in total. The van der Waals surface area contributed by atoms with Gasteiger partial charge in [0.25, 0.3) is 5.91 Å². The van der Waals surface area contributed by atoms with Crippen molar-refractivity contribution in [1.29, 1.82) is 0 Å². The Morgan fingerprint density at radius 3 is 2.15 bits per heavy atom. The first-order chi connectivity index (χ1) is 12.1. The maximum absolute atomic E-state index is 13.0. The third kappa shape index (κ3) is 4.68. The molecule has 0 saturated carbocycles. The molecule has 2 aromatic rings. The maximum Gasteiger partial charge on any atom is 0.417 e. The van der Waals surface area contributed by atoms with Crippen LogP contribution in [0, 0.1) is 0 Å². The minimum absolute atomic E-state index is 0.189. The highest BCUT2D eigenvalue weighted by Crippen LogP contribution is 2.32. The van der Waals surface area contributed by atoms with E-state index in [-0.39, 0.29) is 22.0 Å². The number of carboxylic acid groups (broad SMARTS) is 1. The Morgan fingerprint density at radius 2 is 1.62 bits per heavy atom. The van der Waals surface area contributed by atoms with E-state index < -0.39 is 35.2 Å². The van der Waals surface area contributed by atoms with Crippen LogP contribution in [-0.4, -0.2) is 23.0 Å². The number of benzene rings is 2. The maximum atomic E-state index is 13.0. The fourth-order valence-electron chi connectivity index (χ4n) is 2.30. The smallest absolute Gasteiger partial charge is 0.417 e. The predicted molar refractivity (Wildman–Crippen MR) is 90.5 cm³/mol. The Balaban J connectivity index is 2.29. The quantitative estimate of drug-likeness (QED) is 0.772. The minimum Gasteiger partial charge on any atom is -0.480 e. The van der Waals surface area contributed by atoms with Crippen LogP contribution >= 0.6 is 23.2 Å². The van der Waals surface area contributed by atoms with Gasteiger partial charge in [-0.2, -0.15) is 13.2 Å². The Morgan fingerprint density at radius 1 is 1.04 bits per heavy atom. The van der Waals surface area contributed by atoms with Gasteiger partial charge in [0.05, 0.1) is 11.1 Å². The van der Waals surface area contributed by atoms with Crippen molar-refractivity contribution in [3.05, 3.63) is 69.2 Å². The van der Waals surface area contributed by atoms with Gasteiger partial charge in [-0.25, -0.2) is 4.79 Å². The average Bonchev–Trinajstić information content (AvgIpc) is 2.56. The fraction of sp³-hybridized carbons (Fsp3) is 0.176. The van der Waals surface area contributed by atoms with Crippen LogP contribution in [0.3, 0.4) is 0 Å². The van der Waals surface area contributed by atoms with E-state index in [0.717, 1.165) is 18.2 Å². The highest BCUT2D eigenvalue weighted by atomic mass is 35.5. The van der Waals surface area contributed by atoms with Crippen LogP contribution in [0.1, 0.15) is 21.5 Å². The number of halogens is 5. The van der Waals surface area contributed by atoms with Crippen molar-refractivity contribution in [2.75, 3.05) is 0 Å². The lowest BCUT2D eigenvalue weighted by Crippen LogP contribution is -2.43. The van der Waals surface area contributed by atoms with Crippen LogP contribution in [-0.2, 0) is 17.4 Å². The molecule has 0 aliphatic heterocycles. The molecular weight excluding hydrogens is 394 g/mol. The molecule has 0 radical (unpaired) electrons. The molecular formula is C17H12Cl2F3NO3. The molecule has 1 atom stereocenters. The zero-order valence-corrected chi connectivity index (χ0v) is 14.5. The number of hydrogen-bond acceptors (Lipinski definition) is 2.